The number of aryl methyl sites for hydroxylation is 1. The highest BCUT2D eigenvalue weighted by molar-refractivity contribution is 5.87. The molecule has 1 aliphatic heterocycles. The van der Waals surface area contributed by atoms with E-state index < -0.39 is 24.7 Å². The first-order chi connectivity index (χ1) is 12.3. The number of nitrogens with zero attached hydrogens (tertiary/aromatic N) is 3. The van der Waals surface area contributed by atoms with Crippen LogP contribution in [0.15, 0.2) is 30.5 Å². The van der Waals surface area contributed by atoms with Gasteiger partial charge in [0.2, 0.25) is 5.91 Å². The summed E-state index contributed by atoms with van der Waals surface area (Å²) >= 11 is 0. The first kappa shape index (κ1) is 18.3. The third-order valence-corrected chi connectivity index (χ3v) is 4.54. The number of rotatable bonds is 5. The molecule has 3 rings (SSSR count). The van der Waals surface area contributed by atoms with Crippen molar-refractivity contribution >= 4 is 11.6 Å². The van der Waals surface area contributed by atoms with Crippen LogP contribution in [0.5, 0.6) is 0 Å². The van der Waals surface area contributed by atoms with Crippen LogP contribution in [0.4, 0.5) is 18.9 Å². The number of amides is 1. The molecule has 0 saturated carbocycles. The molecule has 8 heteroatoms. The van der Waals surface area contributed by atoms with E-state index in [1.54, 1.807) is 6.20 Å². The summed E-state index contributed by atoms with van der Waals surface area (Å²) in [5.41, 5.74) is 3.57. The van der Waals surface area contributed by atoms with Gasteiger partial charge in [-0.1, -0.05) is 25.1 Å². The molecule has 2 heterocycles. The van der Waals surface area contributed by atoms with Crippen LogP contribution in [-0.2, 0) is 11.2 Å². The van der Waals surface area contributed by atoms with Crippen LogP contribution in [0, 0.1) is 6.92 Å². The van der Waals surface area contributed by atoms with E-state index in [1.807, 2.05) is 42.8 Å². The molecule has 1 aromatic heterocycles. The third-order valence-electron chi connectivity index (χ3n) is 4.54. The highest BCUT2D eigenvalue weighted by Crippen LogP contribution is 2.26. The van der Waals surface area contributed by atoms with Gasteiger partial charge in [-0.2, -0.15) is 18.3 Å². The number of benzene rings is 1. The lowest BCUT2D eigenvalue weighted by Gasteiger charge is -2.19. The Labute approximate surface area is 149 Å². The topological polar surface area (TPSA) is 50.2 Å². The molecule has 1 atom stereocenters. The van der Waals surface area contributed by atoms with Gasteiger partial charge in [-0.3, -0.25) is 4.79 Å². The van der Waals surface area contributed by atoms with Crippen molar-refractivity contribution in [2.75, 3.05) is 18.4 Å². The summed E-state index contributed by atoms with van der Waals surface area (Å²) in [5.74, 6) is -0.520. The number of aromatic nitrogens is 2. The molecule has 1 N–H and O–H groups in total. The molecule has 1 unspecified atom stereocenters. The Morgan fingerprint density at radius 3 is 2.69 bits per heavy atom. The molecule has 0 aliphatic carbocycles. The van der Waals surface area contributed by atoms with Crippen molar-refractivity contribution in [3.05, 3.63) is 41.7 Å². The van der Waals surface area contributed by atoms with Crippen molar-refractivity contribution < 1.29 is 18.0 Å². The predicted molar refractivity (Wildman–Crippen MR) is 92.3 cm³/mol. The lowest BCUT2D eigenvalue weighted by atomic mass is 10.2. The fourth-order valence-electron chi connectivity index (χ4n) is 3.28. The van der Waals surface area contributed by atoms with Crippen molar-refractivity contribution in [1.29, 1.82) is 0 Å². The monoisotopic (exact) mass is 366 g/mol. The Morgan fingerprint density at radius 1 is 1.31 bits per heavy atom. The van der Waals surface area contributed by atoms with Crippen LogP contribution >= 0.6 is 0 Å². The smallest absolute Gasteiger partial charge is 0.371 e. The number of hydrogen-bond acceptors (Lipinski definition) is 3. The Balaban J connectivity index is 1.79. The van der Waals surface area contributed by atoms with Crippen LogP contribution in [0.1, 0.15) is 24.6 Å². The van der Waals surface area contributed by atoms with Gasteiger partial charge < -0.3 is 10.2 Å². The Morgan fingerprint density at radius 2 is 2.04 bits per heavy atom. The Hall–Kier alpha value is -2.51. The molecular weight excluding hydrogens is 345 g/mol. The number of hydrogen-bond donors (Lipinski definition) is 1. The molecule has 1 fully saturated rings. The van der Waals surface area contributed by atoms with Crippen molar-refractivity contribution in [2.45, 2.75) is 38.9 Å². The fraction of sp³-hybridized carbons (Fsp3) is 0.444. The summed E-state index contributed by atoms with van der Waals surface area (Å²) in [6, 6.07) is 7.15. The molecule has 26 heavy (non-hydrogen) atoms. The predicted octanol–water partition coefficient (Wildman–Crippen LogP) is 3.32. The first-order valence-electron chi connectivity index (χ1n) is 8.55. The van der Waals surface area contributed by atoms with Gasteiger partial charge in [0, 0.05) is 6.54 Å². The summed E-state index contributed by atoms with van der Waals surface area (Å²) < 4.78 is 39.5. The van der Waals surface area contributed by atoms with Crippen LogP contribution < -0.4 is 5.32 Å². The second-order valence-electron chi connectivity index (χ2n) is 6.42. The average Bonchev–Trinajstić information content (AvgIpc) is 3.12. The van der Waals surface area contributed by atoms with Gasteiger partial charge >= 0.3 is 6.18 Å². The number of nitrogens with one attached hydrogen (secondary N) is 1. The summed E-state index contributed by atoms with van der Waals surface area (Å²) in [5, 5.41) is 7.51. The first-order valence-corrected chi connectivity index (χ1v) is 8.55. The number of carbonyl (C=O) groups is 1. The number of para-hydroxylation sites is 1. The molecule has 140 valence electrons. The summed E-state index contributed by atoms with van der Waals surface area (Å²) in [4.78, 5) is 13.1. The zero-order chi connectivity index (χ0) is 18.9. The maximum Gasteiger partial charge on any atom is 0.406 e. The van der Waals surface area contributed by atoms with E-state index in [9.17, 15) is 18.0 Å². The maximum absolute atomic E-state index is 12.6. The summed E-state index contributed by atoms with van der Waals surface area (Å²) in [6.07, 6.45) is -1.74. The van der Waals surface area contributed by atoms with E-state index >= 15 is 0 Å². The lowest BCUT2D eigenvalue weighted by Crippen LogP contribution is -2.39. The van der Waals surface area contributed by atoms with Gasteiger partial charge in [-0.25, -0.2) is 4.68 Å². The zero-order valence-corrected chi connectivity index (χ0v) is 14.7. The highest BCUT2D eigenvalue weighted by atomic mass is 19.4. The average molecular weight is 366 g/mol. The number of likely N-dealkylation sites (tertiary alicyclic amines) is 1. The molecule has 0 bridgehead atoms. The SMILES string of the molecule is CCc1c(NC2CCN(CC(F)(F)F)C2=O)cnn1-c1ccccc1C. The minimum atomic E-state index is -4.38. The molecule has 0 radical (unpaired) electrons. The molecule has 0 spiro atoms. The standard InChI is InChI=1S/C18H21F3N4O/c1-3-15-14(10-22-25(15)16-7-5-4-6-12(16)2)23-13-8-9-24(17(13)26)11-18(19,20)21/h4-7,10,13,23H,3,8-9,11H2,1-2H3. The summed E-state index contributed by atoms with van der Waals surface area (Å²) in [6.45, 7) is 2.86. The van der Waals surface area contributed by atoms with Crippen LogP contribution in [0.2, 0.25) is 0 Å². The number of anilines is 1. The van der Waals surface area contributed by atoms with Crippen molar-refractivity contribution in [2.24, 2.45) is 0 Å². The second kappa shape index (κ2) is 7.01. The van der Waals surface area contributed by atoms with Crippen LogP contribution in [0.3, 0.4) is 0 Å². The second-order valence-corrected chi connectivity index (χ2v) is 6.42. The third kappa shape index (κ3) is 3.68. The van der Waals surface area contributed by atoms with Gasteiger partial charge in [0.25, 0.3) is 0 Å². The van der Waals surface area contributed by atoms with Gasteiger partial charge in [0.15, 0.2) is 0 Å². The molecule has 5 nitrogen and oxygen atoms in total. The van der Waals surface area contributed by atoms with Gasteiger partial charge in [-0.15, -0.1) is 0 Å². The fourth-order valence-corrected chi connectivity index (χ4v) is 3.28. The van der Waals surface area contributed by atoms with Gasteiger partial charge in [0.05, 0.1) is 23.3 Å². The number of alkyl halides is 3. The Bertz CT molecular complexity index is 800. The van der Waals surface area contributed by atoms with Crippen molar-refractivity contribution in [3.63, 3.8) is 0 Å². The molecule has 1 aliphatic rings. The van der Waals surface area contributed by atoms with E-state index in [0.717, 1.165) is 21.8 Å². The summed E-state index contributed by atoms with van der Waals surface area (Å²) in [7, 11) is 0. The molecule has 2 aromatic rings. The van der Waals surface area contributed by atoms with E-state index in [0.29, 0.717) is 18.5 Å². The van der Waals surface area contributed by atoms with Gasteiger partial charge in [-0.05, 0) is 31.4 Å². The minimum absolute atomic E-state index is 0.101. The van der Waals surface area contributed by atoms with Crippen molar-refractivity contribution in [1.82, 2.24) is 14.7 Å². The van der Waals surface area contributed by atoms with E-state index in [2.05, 4.69) is 10.4 Å². The van der Waals surface area contributed by atoms with Crippen LogP contribution in [-0.4, -0.2) is 45.9 Å². The largest absolute Gasteiger partial charge is 0.406 e. The van der Waals surface area contributed by atoms with Gasteiger partial charge in [0.1, 0.15) is 12.6 Å². The molecule has 1 aromatic carbocycles. The van der Waals surface area contributed by atoms with Crippen molar-refractivity contribution in [3.8, 4) is 5.69 Å². The molecule has 1 saturated heterocycles. The number of carbonyl (C=O) groups excluding carboxylic acids is 1. The maximum atomic E-state index is 12.6. The van der Waals surface area contributed by atoms with Crippen LogP contribution in [0.25, 0.3) is 5.69 Å². The van der Waals surface area contributed by atoms with E-state index in [4.69, 9.17) is 0 Å². The molecule has 1 amide bonds. The normalized spacial score (nSPS) is 17.8. The van der Waals surface area contributed by atoms with E-state index in [1.165, 1.54) is 0 Å². The Kier molecular flexibility index (Phi) is 4.93. The zero-order valence-electron chi connectivity index (χ0n) is 14.7. The minimum Gasteiger partial charge on any atom is -0.371 e. The van der Waals surface area contributed by atoms with E-state index in [-0.39, 0.29) is 6.54 Å². The number of halogens is 3. The quantitative estimate of drug-likeness (QED) is 0.883. The lowest BCUT2D eigenvalue weighted by molar-refractivity contribution is -0.157. The highest BCUT2D eigenvalue weighted by Gasteiger charge is 2.39. The molecular formula is C18H21F3N4O.